The van der Waals surface area contributed by atoms with Crippen LogP contribution in [-0.2, 0) is 15.6 Å². The van der Waals surface area contributed by atoms with Crippen molar-refractivity contribution in [3.05, 3.63) is 21.9 Å². The molecule has 1 aliphatic rings. The number of nitrogens with one attached hydrogen (secondary N) is 1. The Labute approximate surface area is 133 Å². The average Bonchev–Trinajstić information content (AvgIpc) is 2.94. The molecule has 1 N–H and O–H groups in total. The highest BCUT2D eigenvalue weighted by Gasteiger charge is 2.41. The smallest absolute Gasteiger partial charge is 0.241 e. The highest BCUT2D eigenvalue weighted by atomic mass is 32.2. The van der Waals surface area contributed by atoms with Gasteiger partial charge in [0.05, 0.1) is 6.04 Å². The van der Waals surface area contributed by atoms with Crippen molar-refractivity contribution in [1.82, 2.24) is 10.2 Å². The van der Waals surface area contributed by atoms with Crippen molar-refractivity contribution in [2.75, 3.05) is 18.6 Å². The van der Waals surface area contributed by atoms with Crippen LogP contribution in [0.1, 0.15) is 36.2 Å². The molecule has 1 fully saturated rings. The zero-order chi connectivity index (χ0) is 15.6. The van der Waals surface area contributed by atoms with Crippen LogP contribution >= 0.6 is 11.3 Å². The van der Waals surface area contributed by atoms with E-state index in [4.69, 9.17) is 0 Å². The third-order valence-electron chi connectivity index (χ3n) is 3.73. The molecule has 0 radical (unpaired) electrons. The van der Waals surface area contributed by atoms with Gasteiger partial charge in [-0.25, -0.2) is 0 Å². The van der Waals surface area contributed by atoms with Gasteiger partial charge in [-0.2, -0.15) is 0 Å². The molecule has 0 bridgehead atoms. The van der Waals surface area contributed by atoms with E-state index in [1.807, 2.05) is 4.90 Å². The first-order valence-electron chi connectivity index (χ1n) is 7.33. The van der Waals surface area contributed by atoms with Crippen LogP contribution in [0.2, 0.25) is 0 Å². The van der Waals surface area contributed by atoms with Gasteiger partial charge < -0.3 is 4.90 Å². The Kier molecular flexibility index (Phi) is 5.57. The standard InChI is InChI=1S/C15H24N2O2S2/c1-10(2)13-15(18)17(8-5-9-21(4)19)14(16-13)12-7-6-11(3)20-12/h6-7,10,13-14,16H,5,8-9H2,1-4H3. The second-order valence-corrected chi connectivity index (χ2v) is 8.78. The summed E-state index contributed by atoms with van der Waals surface area (Å²) < 4.78 is 11.2. The molecule has 3 atom stereocenters. The average molecular weight is 329 g/mol. The molecule has 1 aromatic heterocycles. The minimum atomic E-state index is -0.802. The van der Waals surface area contributed by atoms with Crippen molar-refractivity contribution in [3.63, 3.8) is 0 Å². The van der Waals surface area contributed by atoms with Crippen LogP contribution in [0.5, 0.6) is 0 Å². The first kappa shape index (κ1) is 16.6. The second-order valence-electron chi connectivity index (χ2n) is 5.90. The fourth-order valence-corrected chi connectivity index (χ4v) is 4.11. The first-order valence-corrected chi connectivity index (χ1v) is 9.87. The Morgan fingerprint density at radius 2 is 2.14 bits per heavy atom. The van der Waals surface area contributed by atoms with Crippen molar-refractivity contribution >= 4 is 28.0 Å². The second kappa shape index (κ2) is 7.03. The molecule has 4 nitrogen and oxygen atoms in total. The van der Waals surface area contributed by atoms with Crippen molar-refractivity contribution in [3.8, 4) is 0 Å². The highest BCUT2D eigenvalue weighted by molar-refractivity contribution is 7.84. The van der Waals surface area contributed by atoms with Crippen LogP contribution in [0.15, 0.2) is 12.1 Å². The molecular weight excluding hydrogens is 304 g/mol. The van der Waals surface area contributed by atoms with Crippen molar-refractivity contribution in [2.24, 2.45) is 5.92 Å². The van der Waals surface area contributed by atoms with Gasteiger partial charge in [0.2, 0.25) is 5.91 Å². The maximum Gasteiger partial charge on any atom is 0.241 e. The predicted molar refractivity (Wildman–Crippen MR) is 88.8 cm³/mol. The van der Waals surface area contributed by atoms with E-state index in [1.54, 1.807) is 17.6 Å². The fourth-order valence-electron chi connectivity index (χ4n) is 2.63. The summed E-state index contributed by atoms with van der Waals surface area (Å²) in [6.45, 7) is 6.87. The molecular formula is C15H24N2O2S2. The van der Waals surface area contributed by atoms with Crippen LogP contribution in [0.3, 0.4) is 0 Å². The van der Waals surface area contributed by atoms with Gasteiger partial charge in [-0.15, -0.1) is 11.3 Å². The monoisotopic (exact) mass is 328 g/mol. The van der Waals surface area contributed by atoms with Gasteiger partial charge in [-0.1, -0.05) is 13.8 Å². The Bertz CT molecular complexity index is 527. The summed E-state index contributed by atoms with van der Waals surface area (Å²) in [5.74, 6) is 1.08. The number of carbonyl (C=O) groups excluding carboxylic acids is 1. The fraction of sp³-hybridized carbons (Fsp3) is 0.667. The molecule has 2 rings (SSSR count). The lowest BCUT2D eigenvalue weighted by Gasteiger charge is -2.23. The number of carbonyl (C=O) groups is 1. The van der Waals surface area contributed by atoms with E-state index in [9.17, 15) is 9.00 Å². The van der Waals surface area contributed by atoms with E-state index in [2.05, 4.69) is 38.2 Å². The lowest BCUT2D eigenvalue weighted by molar-refractivity contribution is -0.130. The molecule has 1 amide bonds. The molecule has 1 aromatic rings. The molecule has 118 valence electrons. The molecule has 3 unspecified atom stereocenters. The third-order valence-corrected chi connectivity index (χ3v) is 5.64. The predicted octanol–water partition coefficient (Wildman–Crippen LogP) is 2.28. The number of rotatable bonds is 6. The molecule has 2 heterocycles. The zero-order valence-corrected chi connectivity index (χ0v) is 14.7. The molecule has 0 aliphatic carbocycles. The first-order chi connectivity index (χ1) is 9.90. The van der Waals surface area contributed by atoms with E-state index in [0.29, 0.717) is 12.3 Å². The van der Waals surface area contributed by atoms with E-state index >= 15 is 0 Å². The number of hydrogen-bond donors (Lipinski definition) is 1. The molecule has 0 saturated carbocycles. The van der Waals surface area contributed by atoms with Crippen molar-refractivity contribution in [2.45, 2.75) is 39.4 Å². The van der Waals surface area contributed by atoms with Crippen molar-refractivity contribution < 1.29 is 9.00 Å². The molecule has 0 spiro atoms. The summed E-state index contributed by atoms with van der Waals surface area (Å²) in [7, 11) is -0.802. The topological polar surface area (TPSA) is 49.4 Å². The molecule has 0 aromatic carbocycles. The summed E-state index contributed by atoms with van der Waals surface area (Å²) >= 11 is 1.73. The summed E-state index contributed by atoms with van der Waals surface area (Å²) in [6.07, 6.45) is 2.46. The Morgan fingerprint density at radius 1 is 1.43 bits per heavy atom. The highest BCUT2D eigenvalue weighted by Crippen LogP contribution is 2.32. The minimum absolute atomic E-state index is 0.0334. The Balaban J connectivity index is 2.14. The van der Waals surface area contributed by atoms with E-state index in [-0.39, 0.29) is 24.0 Å². The van der Waals surface area contributed by atoms with E-state index in [1.165, 1.54) is 9.75 Å². The summed E-state index contributed by atoms with van der Waals surface area (Å²) in [5, 5.41) is 3.47. The summed E-state index contributed by atoms with van der Waals surface area (Å²) in [5.41, 5.74) is 0. The maximum atomic E-state index is 12.6. The van der Waals surface area contributed by atoms with Crippen LogP contribution in [0, 0.1) is 12.8 Å². The normalized spacial score (nSPS) is 24.0. The molecule has 6 heteroatoms. The molecule has 21 heavy (non-hydrogen) atoms. The summed E-state index contributed by atoms with van der Waals surface area (Å²) in [4.78, 5) is 17.0. The van der Waals surface area contributed by atoms with Gasteiger partial charge in [-0.3, -0.25) is 14.3 Å². The van der Waals surface area contributed by atoms with Gasteiger partial charge in [0.15, 0.2) is 0 Å². The Hall–Kier alpha value is -0.720. The SMILES string of the molecule is Cc1ccc(C2NC(C(C)C)C(=O)N2CCCS(C)=O)s1. The van der Waals surface area contributed by atoms with Gasteiger partial charge in [0.25, 0.3) is 0 Å². The van der Waals surface area contributed by atoms with Crippen LogP contribution in [0.25, 0.3) is 0 Å². The number of thiophene rings is 1. The van der Waals surface area contributed by atoms with Crippen LogP contribution in [-0.4, -0.2) is 39.6 Å². The largest absolute Gasteiger partial charge is 0.321 e. The molecule has 1 aliphatic heterocycles. The van der Waals surface area contributed by atoms with Gasteiger partial charge in [-0.05, 0) is 31.4 Å². The Morgan fingerprint density at radius 3 is 2.67 bits per heavy atom. The lowest BCUT2D eigenvalue weighted by Crippen LogP contribution is -2.35. The minimum Gasteiger partial charge on any atom is -0.321 e. The van der Waals surface area contributed by atoms with E-state index in [0.717, 1.165) is 6.42 Å². The van der Waals surface area contributed by atoms with E-state index < -0.39 is 10.8 Å². The quantitative estimate of drug-likeness (QED) is 0.871. The maximum absolute atomic E-state index is 12.6. The van der Waals surface area contributed by atoms with Gasteiger partial charge >= 0.3 is 0 Å². The number of hydrogen-bond acceptors (Lipinski definition) is 4. The zero-order valence-electron chi connectivity index (χ0n) is 13.1. The van der Waals surface area contributed by atoms with Gasteiger partial charge in [0.1, 0.15) is 6.17 Å². The summed E-state index contributed by atoms with van der Waals surface area (Å²) in [6, 6.07) is 4.07. The number of nitrogens with zero attached hydrogens (tertiary/aromatic N) is 1. The van der Waals surface area contributed by atoms with Crippen LogP contribution < -0.4 is 5.32 Å². The third kappa shape index (κ3) is 3.93. The number of aryl methyl sites for hydroxylation is 1. The number of amides is 1. The van der Waals surface area contributed by atoms with Crippen molar-refractivity contribution in [1.29, 1.82) is 0 Å². The van der Waals surface area contributed by atoms with Crippen LogP contribution in [0.4, 0.5) is 0 Å². The molecule has 1 saturated heterocycles. The van der Waals surface area contributed by atoms with Gasteiger partial charge in [0, 0.05) is 39.1 Å². The lowest BCUT2D eigenvalue weighted by atomic mass is 10.1.